The van der Waals surface area contributed by atoms with Gasteiger partial charge >= 0.3 is 5.97 Å². The zero-order chi connectivity index (χ0) is 26.6. The van der Waals surface area contributed by atoms with Gasteiger partial charge in [-0.3, -0.25) is 20.3 Å². The summed E-state index contributed by atoms with van der Waals surface area (Å²) in [5, 5.41) is 17.1. The van der Waals surface area contributed by atoms with Crippen molar-refractivity contribution in [2.45, 2.75) is 26.4 Å². The van der Waals surface area contributed by atoms with Crippen LogP contribution in [0.1, 0.15) is 32.0 Å². The highest BCUT2D eigenvalue weighted by Gasteiger charge is 2.30. The summed E-state index contributed by atoms with van der Waals surface area (Å²) in [6, 6.07) is 17.2. The molecule has 0 radical (unpaired) electrons. The van der Waals surface area contributed by atoms with Crippen LogP contribution in [-0.2, 0) is 14.3 Å². The Morgan fingerprint density at radius 3 is 2.49 bits per heavy atom. The number of anilines is 1. The fraction of sp³-hybridized carbons (Fsp3) is 0.320. The Bertz CT molecular complexity index is 1190. The third-order valence-electron chi connectivity index (χ3n) is 5.08. The normalized spacial score (nSPS) is 14.1. The van der Waals surface area contributed by atoms with Gasteiger partial charge in [-0.25, -0.2) is 0 Å². The summed E-state index contributed by atoms with van der Waals surface area (Å²) in [5.41, 5.74) is 4.99. The van der Waals surface area contributed by atoms with Gasteiger partial charge in [0.1, 0.15) is 16.9 Å². The van der Waals surface area contributed by atoms with Crippen LogP contribution >= 0.6 is 23.1 Å². The lowest BCUT2D eigenvalue weighted by atomic mass is 10.1. The number of carbonyl (C=O) groups is 2. The van der Waals surface area contributed by atoms with E-state index in [1.165, 1.54) is 30.2 Å². The van der Waals surface area contributed by atoms with Crippen LogP contribution in [0.4, 0.5) is 5.13 Å². The molecule has 1 aliphatic rings. The number of nitrogens with zero attached hydrogens (tertiary/aromatic N) is 4. The number of thioether (sulfide) groups is 1. The molecule has 3 aromatic rings. The van der Waals surface area contributed by atoms with Crippen LogP contribution in [0.5, 0.6) is 5.75 Å². The molecule has 196 valence electrons. The summed E-state index contributed by atoms with van der Waals surface area (Å²) < 4.78 is 9.95. The van der Waals surface area contributed by atoms with Crippen molar-refractivity contribution < 1.29 is 19.1 Å². The standard InChI is InChI=1S/C23H24N6O4S2.C2H6/c1-32-17-10-8-16(9-11-17)21-26-27-22(35-21)24-18(30)14-34-23-28-25-20(15-6-4-3-5-7-15)29(23)13-12-19(31)33-2;1-2/h3-11,20,25H,12-14H2,1-2H3,(H,24,27,30);1-2H3. The summed E-state index contributed by atoms with van der Waals surface area (Å²) in [4.78, 5) is 26.3. The number of esters is 1. The van der Waals surface area contributed by atoms with Crippen LogP contribution in [0.3, 0.4) is 0 Å². The van der Waals surface area contributed by atoms with Gasteiger partial charge in [-0.05, 0) is 29.8 Å². The molecule has 0 saturated carbocycles. The van der Waals surface area contributed by atoms with E-state index in [0.29, 0.717) is 21.9 Å². The average Bonchev–Trinajstić information content (AvgIpc) is 3.59. The topological polar surface area (TPSA) is 118 Å². The van der Waals surface area contributed by atoms with E-state index < -0.39 is 0 Å². The number of rotatable bonds is 9. The van der Waals surface area contributed by atoms with E-state index in [1.54, 1.807) is 7.11 Å². The van der Waals surface area contributed by atoms with Gasteiger partial charge in [-0.15, -0.1) is 10.2 Å². The van der Waals surface area contributed by atoms with Crippen LogP contribution < -0.4 is 15.5 Å². The lowest BCUT2D eigenvalue weighted by molar-refractivity contribution is -0.140. The van der Waals surface area contributed by atoms with E-state index in [-0.39, 0.29) is 30.2 Å². The first-order valence-corrected chi connectivity index (χ1v) is 13.5. The number of methoxy groups -OCH3 is 2. The fourth-order valence-corrected chi connectivity index (χ4v) is 4.89. The van der Waals surface area contributed by atoms with Crippen molar-refractivity contribution in [2.24, 2.45) is 5.10 Å². The predicted molar refractivity (Wildman–Crippen MR) is 147 cm³/mol. The summed E-state index contributed by atoms with van der Waals surface area (Å²) in [5.74, 6) is 0.331. The molecule has 1 unspecified atom stereocenters. The van der Waals surface area contributed by atoms with Crippen molar-refractivity contribution in [2.75, 3.05) is 31.8 Å². The smallest absolute Gasteiger partial charge is 0.307 e. The zero-order valence-corrected chi connectivity index (χ0v) is 22.8. The first-order chi connectivity index (χ1) is 18.1. The Morgan fingerprint density at radius 1 is 1.08 bits per heavy atom. The van der Waals surface area contributed by atoms with Gasteiger partial charge in [0.2, 0.25) is 11.0 Å². The molecule has 0 bridgehead atoms. The highest BCUT2D eigenvalue weighted by atomic mass is 32.2. The van der Waals surface area contributed by atoms with Crippen molar-refractivity contribution in [3.63, 3.8) is 0 Å². The molecule has 0 fully saturated rings. The number of carbonyl (C=O) groups excluding carboxylic acids is 2. The van der Waals surface area contributed by atoms with E-state index in [0.717, 1.165) is 16.9 Å². The van der Waals surface area contributed by atoms with E-state index in [9.17, 15) is 9.59 Å². The number of aromatic nitrogens is 2. The van der Waals surface area contributed by atoms with Crippen LogP contribution in [0.2, 0.25) is 0 Å². The molecule has 2 heterocycles. The van der Waals surface area contributed by atoms with E-state index in [2.05, 4.69) is 26.0 Å². The van der Waals surface area contributed by atoms with Gasteiger partial charge < -0.3 is 14.4 Å². The molecule has 2 N–H and O–H groups in total. The quantitative estimate of drug-likeness (QED) is 0.381. The number of hydrazone groups is 1. The summed E-state index contributed by atoms with van der Waals surface area (Å²) >= 11 is 2.57. The van der Waals surface area contributed by atoms with Crippen LogP contribution in [-0.4, -0.2) is 58.7 Å². The molecule has 0 aliphatic carbocycles. The van der Waals surface area contributed by atoms with Gasteiger partial charge in [0.25, 0.3) is 0 Å². The molecule has 4 rings (SSSR count). The number of nitrogens with one attached hydrogen (secondary N) is 2. The highest BCUT2D eigenvalue weighted by molar-refractivity contribution is 8.14. The maximum Gasteiger partial charge on any atom is 0.307 e. The largest absolute Gasteiger partial charge is 0.497 e. The minimum atomic E-state index is -0.310. The Balaban J connectivity index is 0.00000186. The van der Waals surface area contributed by atoms with Crippen molar-refractivity contribution in [1.29, 1.82) is 0 Å². The fourth-order valence-electron chi connectivity index (χ4n) is 3.31. The van der Waals surface area contributed by atoms with Crippen molar-refractivity contribution in [3.8, 4) is 16.3 Å². The monoisotopic (exact) mass is 542 g/mol. The van der Waals surface area contributed by atoms with Crippen LogP contribution in [0, 0.1) is 0 Å². The highest BCUT2D eigenvalue weighted by Crippen LogP contribution is 2.29. The Kier molecular flexibility index (Phi) is 10.7. The number of amides is 1. The van der Waals surface area contributed by atoms with Gasteiger partial charge in [-0.2, -0.15) is 5.10 Å². The van der Waals surface area contributed by atoms with Gasteiger partial charge in [0.05, 0.1) is 26.4 Å². The SMILES string of the molecule is CC.COC(=O)CCN1C(SCC(=O)Nc2nnc(-c3ccc(OC)cc3)s2)=NNC1c1ccccc1. The second kappa shape index (κ2) is 14.2. The second-order valence-electron chi connectivity index (χ2n) is 7.33. The number of hydrogen-bond acceptors (Lipinski definition) is 11. The third kappa shape index (κ3) is 7.67. The minimum absolute atomic E-state index is 0.119. The summed E-state index contributed by atoms with van der Waals surface area (Å²) in [6.07, 6.45) is -0.0340. The number of amidine groups is 1. The molecule has 2 aromatic carbocycles. The predicted octanol–water partition coefficient (Wildman–Crippen LogP) is 4.35. The Labute approximate surface area is 224 Å². The summed E-state index contributed by atoms with van der Waals surface area (Å²) in [7, 11) is 2.97. The van der Waals surface area contributed by atoms with Crippen molar-refractivity contribution in [3.05, 3.63) is 60.2 Å². The zero-order valence-electron chi connectivity index (χ0n) is 21.1. The van der Waals surface area contributed by atoms with Gasteiger partial charge in [0, 0.05) is 12.1 Å². The molecule has 1 amide bonds. The number of benzene rings is 2. The Hall–Kier alpha value is -3.64. The van der Waals surface area contributed by atoms with Gasteiger partial charge in [0.15, 0.2) is 5.17 Å². The average molecular weight is 543 g/mol. The second-order valence-corrected chi connectivity index (χ2v) is 9.25. The van der Waals surface area contributed by atoms with Crippen molar-refractivity contribution >= 4 is 45.3 Å². The lowest BCUT2D eigenvalue weighted by Crippen LogP contribution is -2.34. The van der Waals surface area contributed by atoms with Gasteiger partial charge in [-0.1, -0.05) is 67.3 Å². The van der Waals surface area contributed by atoms with Crippen molar-refractivity contribution in [1.82, 2.24) is 20.5 Å². The molecular weight excluding hydrogens is 512 g/mol. The molecule has 37 heavy (non-hydrogen) atoms. The molecule has 12 heteroatoms. The Morgan fingerprint density at radius 2 is 1.81 bits per heavy atom. The first kappa shape index (κ1) is 27.9. The van der Waals surface area contributed by atoms with Crippen LogP contribution in [0.15, 0.2) is 59.7 Å². The lowest BCUT2D eigenvalue weighted by Gasteiger charge is -2.26. The third-order valence-corrected chi connectivity index (χ3v) is 6.96. The molecular formula is C25H30N6O4S2. The maximum absolute atomic E-state index is 12.6. The minimum Gasteiger partial charge on any atom is -0.497 e. The van der Waals surface area contributed by atoms with E-state index in [4.69, 9.17) is 9.47 Å². The van der Waals surface area contributed by atoms with Crippen LogP contribution in [0.25, 0.3) is 10.6 Å². The molecule has 0 spiro atoms. The van der Waals surface area contributed by atoms with E-state index >= 15 is 0 Å². The number of hydrogen-bond donors (Lipinski definition) is 2. The molecule has 1 atom stereocenters. The molecule has 10 nitrogen and oxygen atoms in total. The van der Waals surface area contributed by atoms with E-state index in [1.807, 2.05) is 73.3 Å². The summed E-state index contributed by atoms with van der Waals surface area (Å²) in [6.45, 7) is 4.40. The molecule has 1 aromatic heterocycles. The molecule has 0 saturated heterocycles. The first-order valence-electron chi connectivity index (χ1n) is 11.7. The number of ether oxygens (including phenoxy) is 2. The maximum atomic E-state index is 12.6. The molecule has 1 aliphatic heterocycles.